The summed E-state index contributed by atoms with van der Waals surface area (Å²) in [5.41, 5.74) is 7.16. The molecule has 2 amide bonds. The lowest BCUT2D eigenvalue weighted by Crippen LogP contribution is -2.16. The number of aromatic amines is 1. The molecule has 3 aromatic rings. The summed E-state index contributed by atoms with van der Waals surface area (Å²) in [6.45, 7) is 0.877. The number of anilines is 1. The van der Waals surface area contributed by atoms with Crippen LogP contribution in [0.25, 0.3) is 10.9 Å². The molecule has 8 heteroatoms. The molecule has 4 rings (SSSR count). The van der Waals surface area contributed by atoms with E-state index in [1.807, 2.05) is 0 Å². The number of ether oxygens (including phenoxy) is 2. The van der Waals surface area contributed by atoms with Gasteiger partial charge in [-0.1, -0.05) is 11.6 Å². The molecule has 1 aliphatic heterocycles. The number of carbonyl (C=O) groups is 2. The molecular formula is C19H16ClN3O4. The Morgan fingerprint density at radius 3 is 2.74 bits per heavy atom. The lowest BCUT2D eigenvalue weighted by Gasteiger charge is -2.13. The molecule has 0 spiro atoms. The summed E-state index contributed by atoms with van der Waals surface area (Å²) in [5.74, 6) is -0.346. The number of hydrogen-bond donors (Lipinski definition) is 3. The average molecular weight is 386 g/mol. The van der Waals surface area contributed by atoms with Crippen LogP contribution in [0, 0.1) is 0 Å². The quantitative estimate of drug-likeness (QED) is 0.642. The van der Waals surface area contributed by atoms with E-state index in [0.29, 0.717) is 47.5 Å². The Morgan fingerprint density at radius 2 is 1.93 bits per heavy atom. The van der Waals surface area contributed by atoms with Gasteiger partial charge in [-0.2, -0.15) is 0 Å². The van der Waals surface area contributed by atoms with E-state index in [1.165, 1.54) is 6.07 Å². The lowest BCUT2D eigenvalue weighted by atomic mass is 10.1. The molecule has 0 bridgehead atoms. The monoisotopic (exact) mass is 385 g/mol. The third kappa shape index (κ3) is 3.41. The van der Waals surface area contributed by atoms with E-state index in [9.17, 15) is 9.59 Å². The number of aromatic nitrogens is 1. The van der Waals surface area contributed by atoms with Crippen LogP contribution in [0.2, 0.25) is 5.02 Å². The lowest BCUT2D eigenvalue weighted by molar-refractivity contribution is 0.0992. The summed E-state index contributed by atoms with van der Waals surface area (Å²) >= 11 is 5.98. The third-order valence-corrected chi connectivity index (χ3v) is 4.43. The van der Waals surface area contributed by atoms with Gasteiger partial charge in [0.1, 0.15) is 5.69 Å². The van der Waals surface area contributed by atoms with Crippen molar-refractivity contribution in [2.75, 3.05) is 18.5 Å². The van der Waals surface area contributed by atoms with Crippen LogP contribution in [0.15, 0.2) is 36.4 Å². The van der Waals surface area contributed by atoms with Crippen molar-refractivity contribution in [1.82, 2.24) is 4.98 Å². The van der Waals surface area contributed by atoms with Crippen molar-refractivity contribution < 1.29 is 19.1 Å². The van der Waals surface area contributed by atoms with E-state index >= 15 is 0 Å². The van der Waals surface area contributed by atoms with Gasteiger partial charge in [-0.25, -0.2) is 0 Å². The van der Waals surface area contributed by atoms with Crippen molar-refractivity contribution in [2.45, 2.75) is 6.42 Å². The van der Waals surface area contributed by atoms with Gasteiger partial charge in [0, 0.05) is 34.1 Å². The highest BCUT2D eigenvalue weighted by molar-refractivity contribution is 6.31. The van der Waals surface area contributed by atoms with Gasteiger partial charge >= 0.3 is 0 Å². The number of nitrogens with two attached hydrogens (primary N) is 1. The molecule has 2 aromatic carbocycles. The molecular weight excluding hydrogens is 370 g/mol. The number of fused-ring (bicyclic) bond motifs is 2. The number of benzene rings is 2. The van der Waals surface area contributed by atoms with Gasteiger partial charge in [-0.3, -0.25) is 9.59 Å². The fourth-order valence-electron chi connectivity index (χ4n) is 2.95. The van der Waals surface area contributed by atoms with Crippen molar-refractivity contribution in [3.05, 3.63) is 52.7 Å². The van der Waals surface area contributed by atoms with Crippen LogP contribution < -0.4 is 20.5 Å². The Balaban J connectivity index is 1.66. The first kappa shape index (κ1) is 17.2. The minimum absolute atomic E-state index is 0.160. The average Bonchev–Trinajstić information content (AvgIpc) is 2.91. The molecule has 7 nitrogen and oxygen atoms in total. The highest BCUT2D eigenvalue weighted by Crippen LogP contribution is 2.36. The van der Waals surface area contributed by atoms with E-state index in [-0.39, 0.29) is 11.5 Å². The predicted octanol–water partition coefficient (Wildman–Crippen LogP) is 3.33. The van der Waals surface area contributed by atoms with E-state index < -0.39 is 5.91 Å². The Bertz CT molecular complexity index is 1060. The molecule has 27 heavy (non-hydrogen) atoms. The number of halogens is 1. The summed E-state index contributed by atoms with van der Waals surface area (Å²) in [6, 6.07) is 10.1. The van der Waals surface area contributed by atoms with E-state index in [4.69, 9.17) is 26.8 Å². The van der Waals surface area contributed by atoms with Crippen LogP contribution in [0.4, 0.5) is 5.69 Å². The van der Waals surface area contributed by atoms with Crippen molar-refractivity contribution in [1.29, 1.82) is 0 Å². The van der Waals surface area contributed by atoms with Crippen molar-refractivity contribution in [3.8, 4) is 11.5 Å². The smallest absolute Gasteiger partial charge is 0.272 e. The second-order valence-corrected chi connectivity index (χ2v) is 6.57. The first-order valence-corrected chi connectivity index (χ1v) is 8.72. The third-order valence-electron chi connectivity index (χ3n) is 4.20. The Hall–Kier alpha value is -3.19. The SMILES string of the molecule is NC(=O)c1cc(NC(=O)c2cc3cc(Cl)ccc3[nH]2)cc2c1OCCCO2. The maximum absolute atomic E-state index is 12.6. The number of amides is 2. The number of carbonyl (C=O) groups excluding carboxylic acids is 2. The molecule has 0 unspecified atom stereocenters. The molecule has 0 saturated carbocycles. The first-order chi connectivity index (χ1) is 13.0. The highest BCUT2D eigenvalue weighted by Gasteiger charge is 2.21. The van der Waals surface area contributed by atoms with Gasteiger partial charge in [0.25, 0.3) is 11.8 Å². The fourth-order valence-corrected chi connectivity index (χ4v) is 3.13. The number of H-pyrrole nitrogens is 1. The molecule has 4 N–H and O–H groups in total. The van der Waals surface area contributed by atoms with E-state index in [0.717, 1.165) is 10.9 Å². The second-order valence-electron chi connectivity index (χ2n) is 6.13. The number of primary amides is 1. The predicted molar refractivity (Wildman–Crippen MR) is 102 cm³/mol. The number of rotatable bonds is 3. The topological polar surface area (TPSA) is 106 Å². The molecule has 138 valence electrons. The molecule has 0 radical (unpaired) electrons. The van der Waals surface area contributed by atoms with Crippen LogP contribution in [-0.2, 0) is 0 Å². The molecule has 2 heterocycles. The molecule has 0 saturated heterocycles. The van der Waals surface area contributed by atoms with E-state index in [2.05, 4.69) is 10.3 Å². The van der Waals surface area contributed by atoms with E-state index in [1.54, 1.807) is 30.3 Å². The van der Waals surface area contributed by atoms with Crippen LogP contribution in [0.5, 0.6) is 11.5 Å². The summed E-state index contributed by atoms with van der Waals surface area (Å²) in [6.07, 6.45) is 0.687. The maximum atomic E-state index is 12.6. The normalized spacial score (nSPS) is 13.2. The van der Waals surface area contributed by atoms with Crippen LogP contribution >= 0.6 is 11.6 Å². The molecule has 0 aliphatic carbocycles. The van der Waals surface area contributed by atoms with Crippen LogP contribution in [0.1, 0.15) is 27.3 Å². The molecule has 0 fully saturated rings. The van der Waals surface area contributed by atoms with Gasteiger partial charge in [0.2, 0.25) is 0 Å². The Kier molecular flexibility index (Phi) is 4.37. The summed E-state index contributed by atoms with van der Waals surface area (Å²) in [5, 5.41) is 4.16. The van der Waals surface area contributed by atoms with Gasteiger partial charge < -0.3 is 25.5 Å². The van der Waals surface area contributed by atoms with Gasteiger partial charge in [0.05, 0.1) is 18.8 Å². The van der Waals surface area contributed by atoms with Gasteiger partial charge in [0.15, 0.2) is 11.5 Å². The standard InChI is InChI=1S/C19H16ClN3O4/c20-11-2-3-14-10(6-11)7-15(23-14)19(25)22-12-8-13(18(21)24)17-16(9-12)26-4-1-5-27-17/h2-3,6-9,23H,1,4-5H2,(H2,21,24)(H,22,25). The zero-order chi connectivity index (χ0) is 19.0. The molecule has 0 atom stereocenters. The number of hydrogen-bond acceptors (Lipinski definition) is 4. The van der Waals surface area contributed by atoms with Crippen molar-refractivity contribution in [2.24, 2.45) is 5.73 Å². The summed E-state index contributed by atoms with van der Waals surface area (Å²) < 4.78 is 11.2. The van der Waals surface area contributed by atoms with Crippen LogP contribution in [-0.4, -0.2) is 30.0 Å². The van der Waals surface area contributed by atoms with Crippen molar-refractivity contribution >= 4 is 40.0 Å². The highest BCUT2D eigenvalue weighted by atomic mass is 35.5. The Morgan fingerprint density at radius 1 is 1.11 bits per heavy atom. The summed E-state index contributed by atoms with van der Waals surface area (Å²) in [7, 11) is 0. The largest absolute Gasteiger partial charge is 0.489 e. The minimum Gasteiger partial charge on any atom is -0.489 e. The summed E-state index contributed by atoms with van der Waals surface area (Å²) in [4.78, 5) is 27.5. The minimum atomic E-state index is -0.659. The van der Waals surface area contributed by atoms with Gasteiger partial charge in [-0.05, 0) is 30.3 Å². The van der Waals surface area contributed by atoms with Gasteiger partial charge in [-0.15, -0.1) is 0 Å². The molecule has 1 aromatic heterocycles. The second kappa shape index (κ2) is 6.85. The maximum Gasteiger partial charge on any atom is 0.272 e. The van der Waals surface area contributed by atoms with Crippen molar-refractivity contribution in [3.63, 3.8) is 0 Å². The zero-order valence-electron chi connectivity index (χ0n) is 14.2. The first-order valence-electron chi connectivity index (χ1n) is 8.34. The Labute approximate surface area is 159 Å². The van der Waals surface area contributed by atoms with Crippen LogP contribution in [0.3, 0.4) is 0 Å². The fraction of sp³-hybridized carbons (Fsp3) is 0.158. The number of nitrogens with one attached hydrogen (secondary N) is 2. The zero-order valence-corrected chi connectivity index (χ0v) is 14.9. The molecule has 1 aliphatic rings.